The molecule has 0 radical (unpaired) electrons. The lowest BCUT2D eigenvalue weighted by Gasteiger charge is -2.14. The molecule has 0 saturated heterocycles. The van der Waals surface area contributed by atoms with Crippen molar-refractivity contribution in [1.29, 1.82) is 0 Å². The molecule has 0 spiro atoms. The first kappa shape index (κ1) is 15.5. The highest BCUT2D eigenvalue weighted by Crippen LogP contribution is 2.19. The second-order valence-electron chi connectivity index (χ2n) is 5.10. The van der Waals surface area contributed by atoms with E-state index in [4.69, 9.17) is 4.74 Å². The van der Waals surface area contributed by atoms with E-state index in [0.29, 0.717) is 18.9 Å². The maximum atomic E-state index is 11.5. The van der Waals surface area contributed by atoms with Crippen molar-refractivity contribution in [2.75, 3.05) is 18.5 Å². The molecule has 0 aromatic heterocycles. The van der Waals surface area contributed by atoms with Crippen LogP contribution in [-0.2, 0) is 22.4 Å². The number of esters is 1. The molecule has 1 aromatic rings. The van der Waals surface area contributed by atoms with E-state index < -0.39 is 0 Å². The van der Waals surface area contributed by atoms with Gasteiger partial charge in [-0.05, 0) is 36.5 Å². The van der Waals surface area contributed by atoms with E-state index in [0.717, 1.165) is 24.2 Å². The maximum Gasteiger partial charge on any atom is 0.310 e. The molecule has 0 heterocycles. The minimum absolute atomic E-state index is 0.165. The summed E-state index contributed by atoms with van der Waals surface area (Å²) in [6.07, 6.45) is 1.33. The number of hydrogen-bond acceptors (Lipinski definition) is 3. The molecule has 0 aliphatic carbocycles. The Balaban J connectivity index is 2.79. The largest absolute Gasteiger partial charge is 0.466 e. The average Bonchev–Trinajstić information content (AvgIpc) is 2.36. The fraction of sp³-hybridized carbons (Fsp3) is 0.562. The van der Waals surface area contributed by atoms with Crippen molar-refractivity contribution in [2.45, 2.75) is 40.5 Å². The molecule has 0 atom stereocenters. The number of hydrogen-bond donors (Lipinski definition) is 1. The first-order valence-corrected chi connectivity index (χ1v) is 7.08. The Kier molecular flexibility index (Phi) is 6.40. The van der Waals surface area contributed by atoms with Crippen LogP contribution >= 0.6 is 0 Å². The van der Waals surface area contributed by atoms with E-state index in [1.54, 1.807) is 0 Å². The normalized spacial score (nSPS) is 10.6. The van der Waals surface area contributed by atoms with Gasteiger partial charge in [0.05, 0.1) is 13.0 Å². The molecule has 0 aliphatic heterocycles. The predicted octanol–water partition coefficient (Wildman–Crippen LogP) is 3.42. The molecule has 106 valence electrons. The van der Waals surface area contributed by atoms with E-state index >= 15 is 0 Å². The quantitative estimate of drug-likeness (QED) is 0.766. The van der Waals surface area contributed by atoms with Gasteiger partial charge in [0.2, 0.25) is 0 Å². The summed E-state index contributed by atoms with van der Waals surface area (Å²) in [5.74, 6) is 0.431. The second kappa shape index (κ2) is 7.82. The molecule has 0 unspecified atom stereocenters. The summed E-state index contributed by atoms with van der Waals surface area (Å²) >= 11 is 0. The highest BCUT2D eigenvalue weighted by atomic mass is 16.5. The number of anilines is 1. The van der Waals surface area contributed by atoms with Crippen molar-refractivity contribution in [2.24, 2.45) is 5.92 Å². The van der Waals surface area contributed by atoms with Gasteiger partial charge in [0.25, 0.3) is 0 Å². The highest BCUT2D eigenvalue weighted by Gasteiger charge is 2.07. The molecule has 19 heavy (non-hydrogen) atoms. The van der Waals surface area contributed by atoms with Crippen LogP contribution in [-0.4, -0.2) is 19.1 Å². The van der Waals surface area contributed by atoms with Crippen LogP contribution in [0.1, 0.15) is 38.8 Å². The van der Waals surface area contributed by atoms with Gasteiger partial charge in [-0.1, -0.05) is 32.9 Å². The number of aryl methyl sites for hydroxylation is 1. The van der Waals surface area contributed by atoms with Gasteiger partial charge in [0.1, 0.15) is 0 Å². The molecule has 0 fully saturated rings. The van der Waals surface area contributed by atoms with Crippen molar-refractivity contribution in [3.8, 4) is 0 Å². The van der Waals surface area contributed by atoms with E-state index in [9.17, 15) is 4.79 Å². The summed E-state index contributed by atoms with van der Waals surface area (Å²) in [6, 6.07) is 6.17. The van der Waals surface area contributed by atoms with E-state index in [1.165, 1.54) is 5.56 Å². The molecule has 3 nitrogen and oxygen atoms in total. The Morgan fingerprint density at radius 1 is 1.32 bits per heavy atom. The molecule has 0 bridgehead atoms. The van der Waals surface area contributed by atoms with E-state index in [1.807, 2.05) is 13.0 Å². The van der Waals surface area contributed by atoms with Crippen LogP contribution in [0.2, 0.25) is 0 Å². The first-order chi connectivity index (χ1) is 9.06. The molecule has 0 amide bonds. The molecule has 3 heteroatoms. The molecular weight excluding hydrogens is 238 g/mol. The first-order valence-electron chi connectivity index (χ1n) is 7.08. The topological polar surface area (TPSA) is 38.3 Å². The highest BCUT2D eigenvalue weighted by molar-refractivity contribution is 5.73. The summed E-state index contributed by atoms with van der Waals surface area (Å²) in [5, 5.41) is 3.46. The third-order valence-electron chi connectivity index (χ3n) is 2.91. The molecular formula is C16H25NO2. The van der Waals surface area contributed by atoms with Gasteiger partial charge in [-0.3, -0.25) is 4.79 Å². The standard InChI is InChI=1S/C16H25NO2/c1-5-14-8-7-13(10-16(18)19-6-2)9-15(14)17-11-12(3)4/h7-9,12,17H,5-6,10-11H2,1-4H3. The summed E-state index contributed by atoms with van der Waals surface area (Å²) in [6.45, 7) is 9.71. The lowest BCUT2D eigenvalue weighted by Crippen LogP contribution is -2.11. The van der Waals surface area contributed by atoms with Gasteiger partial charge in [0.15, 0.2) is 0 Å². The number of nitrogens with one attached hydrogen (secondary N) is 1. The second-order valence-corrected chi connectivity index (χ2v) is 5.10. The minimum atomic E-state index is -0.165. The average molecular weight is 263 g/mol. The number of ether oxygens (including phenoxy) is 1. The van der Waals surface area contributed by atoms with E-state index in [2.05, 4.69) is 38.2 Å². The van der Waals surface area contributed by atoms with Crippen molar-refractivity contribution in [1.82, 2.24) is 0 Å². The smallest absolute Gasteiger partial charge is 0.310 e. The summed E-state index contributed by atoms with van der Waals surface area (Å²) in [5.41, 5.74) is 3.42. The fourth-order valence-electron chi connectivity index (χ4n) is 1.90. The Labute approximate surface area is 116 Å². The third kappa shape index (κ3) is 5.33. The zero-order valence-corrected chi connectivity index (χ0v) is 12.5. The Morgan fingerprint density at radius 2 is 2.05 bits per heavy atom. The number of carbonyl (C=O) groups is 1. The lowest BCUT2D eigenvalue weighted by molar-refractivity contribution is -0.142. The molecule has 1 rings (SSSR count). The third-order valence-corrected chi connectivity index (χ3v) is 2.91. The summed E-state index contributed by atoms with van der Waals surface area (Å²) in [7, 11) is 0. The van der Waals surface area contributed by atoms with Gasteiger partial charge in [-0.2, -0.15) is 0 Å². The zero-order chi connectivity index (χ0) is 14.3. The molecule has 1 aromatic carbocycles. The number of benzene rings is 1. The number of rotatable bonds is 7. The Morgan fingerprint density at radius 3 is 2.63 bits per heavy atom. The van der Waals surface area contributed by atoms with E-state index in [-0.39, 0.29) is 5.97 Å². The van der Waals surface area contributed by atoms with Gasteiger partial charge in [0, 0.05) is 12.2 Å². The summed E-state index contributed by atoms with van der Waals surface area (Å²) in [4.78, 5) is 11.5. The van der Waals surface area contributed by atoms with Crippen molar-refractivity contribution >= 4 is 11.7 Å². The van der Waals surface area contributed by atoms with Crippen molar-refractivity contribution in [3.63, 3.8) is 0 Å². The van der Waals surface area contributed by atoms with Crippen molar-refractivity contribution in [3.05, 3.63) is 29.3 Å². The van der Waals surface area contributed by atoms with Crippen LogP contribution in [0.25, 0.3) is 0 Å². The van der Waals surface area contributed by atoms with Gasteiger partial charge in [-0.25, -0.2) is 0 Å². The predicted molar refractivity (Wildman–Crippen MR) is 79.5 cm³/mol. The van der Waals surface area contributed by atoms with Crippen molar-refractivity contribution < 1.29 is 9.53 Å². The Hall–Kier alpha value is -1.51. The summed E-state index contributed by atoms with van der Waals surface area (Å²) < 4.78 is 4.98. The van der Waals surface area contributed by atoms with Gasteiger partial charge < -0.3 is 10.1 Å². The van der Waals surface area contributed by atoms with Crippen LogP contribution in [0.4, 0.5) is 5.69 Å². The molecule has 1 N–H and O–H groups in total. The van der Waals surface area contributed by atoms with Crippen LogP contribution < -0.4 is 5.32 Å². The van der Waals surface area contributed by atoms with Crippen LogP contribution in [0.5, 0.6) is 0 Å². The number of carbonyl (C=O) groups excluding carboxylic acids is 1. The Bertz CT molecular complexity index is 413. The minimum Gasteiger partial charge on any atom is -0.466 e. The van der Waals surface area contributed by atoms with Gasteiger partial charge >= 0.3 is 5.97 Å². The lowest BCUT2D eigenvalue weighted by atomic mass is 10.0. The van der Waals surface area contributed by atoms with Crippen LogP contribution in [0.3, 0.4) is 0 Å². The molecule has 0 aliphatic rings. The molecule has 0 saturated carbocycles. The zero-order valence-electron chi connectivity index (χ0n) is 12.5. The fourth-order valence-corrected chi connectivity index (χ4v) is 1.90. The van der Waals surface area contributed by atoms with Crippen LogP contribution in [0, 0.1) is 5.92 Å². The van der Waals surface area contributed by atoms with Gasteiger partial charge in [-0.15, -0.1) is 0 Å². The monoisotopic (exact) mass is 263 g/mol. The van der Waals surface area contributed by atoms with Crippen LogP contribution in [0.15, 0.2) is 18.2 Å². The maximum absolute atomic E-state index is 11.5. The SMILES string of the molecule is CCOC(=O)Cc1ccc(CC)c(NCC(C)C)c1.